The number of benzene rings is 1. The molecule has 132 valence electrons. The van der Waals surface area contributed by atoms with Gasteiger partial charge >= 0.3 is 0 Å². The molecule has 3 heterocycles. The van der Waals surface area contributed by atoms with Gasteiger partial charge in [-0.1, -0.05) is 15.9 Å². The number of aryl methyl sites for hydroxylation is 2. The second kappa shape index (κ2) is 6.40. The molecule has 0 aliphatic rings. The van der Waals surface area contributed by atoms with Crippen molar-refractivity contribution in [2.24, 2.45) is 0 Å². The van der Waals surface area contributed by atoms with Gasteiger partial charge in [-0.2, -0.15) is 4.80 Å². The van der Waals surface area contributed by atoms with Gasteiger partial charge in [0.1, 0.15) is 16.7 Å². The Morgan fingerprint density at radius 1 is 1.23 bits per heavy atom. The average Bonchev–Trinajstić information content (AvgIpc) is 3.21. The fraction of sp³-hybridized carbons (Fsp3) is 0.235. The first kappa shape index (κ1) is 17.0. The van der Waals surface area contributed by atoms with Gasteiger partial charge in [-0.05, 0) is 55.8 Å². The summed E-state index contributed by atoms with van der Waals surface area (Å²) in [6.07, 6.45) is 0. The number of hydrogen-bond acceptors (Lipinski definition) is 6. The third-order valence-corrected chi connectivity index (χ3v) is 5.96. The summed E-state index contributed by atoms with van der Waals surface area (Å²) in [5.74, 6) is 1.04. The number of halogens is 1. The van der Waals surface area contributed by atoms with Crippen LogP contribution in [0.2, 0.25) is 0 Å². The zero-order valence-corrected chi connectivity index (χ0v) is 16.7. The minimum absolute atomic E-state index is 0.132. The molecule has 1 aromatic carbocycles. The highest BCUT2D eigenvalue weighted by molar-refractivity contribution is 9.10. The van der Waals surface area contributed by atoms with E-state index in [1.807, 2.05) is 45.0 Å². The molecule has 0 amide bonds. The Morgan fingerprint density at radius 2 is 1.96 bits per heavy atom. The molecule has 1 unspecified atom stereocenters. The molecule has 0 saturated carbocycles. The minimum Gasteiger partial charge on any atom is -0.308 e. The normalized spacial score (nSPS) is 12.6. The lowest BCUT2D eigenvalue weighted by atomic mass is 10.2. The van der Waals surface area contributed by atoms with Crippen LogP contribution in [-0.2, 0) is 0 Å². The Morgan fingerprint density at radius 3 is 2.69 bits per heavy atom. The molecule has 1 atom stereocenters. The third kappa shape index (κ3) is 2.86. The van der Waals surface area contributed by atoms with E-state index < -0.39 is 0 Å². The molecule has 9 heteroatoms. The van der Waals surface area contributed by atoms with E-state index in [1.54, 1.807) is 0 Å². The predicted molar refractivity (Wildman–Crippen MR) is 104 cm³/mol. The Kier molecular flexibility index (Phi) is 4.20. The van der Waals surface area contributed by atoms with Crippen molar-refractivity contribution in [2.75, 3.05) is 0 Å². The van der Waals surface area contributed by atoms with E-state index in [1.165, 1.54) is 16.1 Å². The van der Waals surface area contributed by atoms with Crippen molar-refractivity contribution in [1.82, 2.24) is 30.2 Å². The smallest absolute Gasteiger partial charge is 0.259 e. The van der Waals surface area contributed by atoms with Crippen LogP contribution in [0, 0.1) is 13.8 Å². The molecule has 3 aromatic heterocycles. The van der Waals surface area contributed by atoms with Crippen LogP contribution in [0.25, 0.3) is 21.6 Å². The van der Waals surface area contributed by atoms with Crippen LogP contribution in [-0.4, -0.2) is 30.2 Å². The first-order valence-corrected chi connectivity index (χ1v) is 9.60. The molecule has 4 aromatic rings. The van der Waals surface area contributed by atoms with Gasteiger partial charge in [-0.3, -0.25) is 4.79 Å². The number of nitrogens with zero attached hydrogens (tertiary/aromatic N) is 5. The summed E-state index contributed by atoms with van der Waals surface area (Å²) in [6, 6.07) is 7.34. The standard InChI is InChI=1S/C17H15BrN6OS/c1-8-10(3)26-17-13(8)16(25)19-14(20-17)9(2)24-22-15(21-23-24)11-4-6-12(18)7-5-11/h4-7,9H,1-3H3,(H,19,20,25). The van der Waals surface area contributed by atoms with Crippen LogP contribution >= 0.6 is 27.3 Å². The fourth-order valence-electron chi connectivity index (χ4n) is 2.68. The molecule has 1 N–H and O–H groups in total. The van der Waals surface area contributed by atoms with E-state index in [-0.39, 0.29) is 11.6 Å². The van der Waals surface area contributed by atoms with E-state index in [9.17, 15) is 4.79 Å². The van der Waals surface area contributed by atoms with Crippen LogP contribution < -0.4 is 5.56 Å². The molecule has 0 radical (unpaired) electrons. The number of tetrazole rings is 1. The van der Waals surface area contributed by atoms with E-state index >= 15 is 0 Å². The fourth-order valence-corrected chi connectivity index (χ4v) is 3.98. The van der Waals surface area contributed by atoms with E-state index in [4.69, 9.17) is 0 Å². The first-order chi connectivity index (χ1) is 12.4. The van der Waals surface area contributed by atoms with Gasteiger partial charge in [0.25, 0.3) is 5.56 Å². The maximum atomic E-state index is 12.5. The number of H-pyrrole nitrogens is 1. The zero-order chi connectivity index (χ0) is 18.4. The Hall–Kier alpha value is -2.39. The number of aromatic nitrogens is 6. The number of aromatic amines is 1. The Labute approximate surface area is 161 Å². The summed E-state index contributed by atoms with van der Waals surface area (Å²) in [6.45, 7) is 5.82. The highest BCUT2D eigenvalue weighted by atomic mass is 79.9. The van der Waals surface area contributed by atoms with Crippen LogP contribution in [0.4, 0.5) is 0 Å². The highest BCUT2D eigenvalue weighted by Gasteiger charge is 2.19. The predicted octanol–water partition coefficient (Wildman–Crippen LogP) is 3.63. The first-order valence-electron chi connectivity index (χ1n) is 7.99. The van der Waals surface area contributed by atoms with E-state index in [2.05, 4.69) is 41.3 Å². The summed E-state index contributed by atoms with van der Waals surface area (Å²) < 4.78 is 0.985. The van der Waals surface area contributed by atoms with Crippen molar-refractivity contribution in [3.63, 3.8) is 0 Å². The van der Waals surface area contributed by atoms with E-state index in [0.717, 1.165) is 25.3 Å². The van der Waals surface area contributed by atoms with Crippen LogP contribution in [0.5, 0.6) is 0 Å². The van der Waals surface area contributed by atoms with Crippen LogP contribution in [0.3, 0.4) is 0 Å². The number of fused-ring (bicyclic) bond motifs is 1. The summed E-state index contributed by atoms with van der Waals surface area (Å²) >= 11 is 4.93. The van der Waals surface area contributed by atoms with Crippen molar-refractivity contribution < 1.29 is 0 Å². The lowest BCUT2D eigenvalue weighted by Gasteiger charge is -2.08. The summed E-state index contributed by atoms with van der Waals surface area (Å²) in [4.78, 5) is 23.2. The Bertz CT molecular complexity index is 1160. The topological polar surface area (TPSA) is 89.3 Å². The third-order valence-electron chi connectivity index (χ3n) is 4.33. The molecule has 0 fully saturated rings. The van der Waals surface area contributed by atoms with Gasteiger partial charge in [-0.15, -0.1) is 21.5 Å². The molecule has 4 rings (SSSR count). The van der Waals surface area contributed by atoms with Crippen molar-refractivity contribution in [1.29, 1.82) is 0 Å². The zero-order valence-electron chi connectivity index (χ0n) is 14.3. The minimum atomic E-state index is -0.341. The number of thiophene rings is 1. The molecule has 0 bridgehead atoms. The van der Waals surface area contributed by atoms with Crippen LogP contribution in [0.1, 0.15) is 29.2 Å². The quantitative estimate of drug-likeness (QED) is 0.535. The second-order valence-corrected chi connectivity index (χ2v) is 8.15. The maximum absolute atomic E-state index is 12.5. The number of nitrogens with one attached hydrogen (secondary N) is 1. The SMILES string of the molecule is Cc1sc2nc(C(C)n3nnc(-c4ccc(Br)cc4)n3)[nH]c(=O)c2c1C. The van der Waals surface area contributed by atoms with Gasteiger partial charge in [0, 0.05) is 14.9 Å². The summed E-state index contributed by atoms with van der Waals surface area (Å²) in [5.41, 5.74) is 1.72. The Balaban J connectivity index is 1.72. The number of rotatable bonds is 3. The molecule has 0 aliphatic heterocycles. The van der Waals surface area contributed by atoms with Gasteiger partial charge in [0.15, 0.2) is 0 Å². The highest BCUT2D eigenvalue weighted by Crippen LogP contribution is 2.27. The molecular formula is C17H15BrN6OS. The summed E-state index contributed by atoms with van der Waals surface area (Å²) in [5, 5.41) is 13.3. The molecule has 26 heavy (non-hydrogen) atoms. The van der Waals surface area contributed by atoms with Crippen molar-refractivity contribution in [3.05, 3.63) is 55.4 Å². The van der Waals surface area contributed by atoms with Gasteiger partial charge < -0.3 is 4.98 Å². The average molecular weight is 431 g/mol. The number of hydrogen-bond donors (Lipinski definition) is 1. The van der Waals surface area contributed by atoms with Crippen molar-refractivity contribution >= 4 is 37.5 Å². The molecule has 0 spiro atoms. The largest absolute Gasteiger partial charge is 0.308 e. The molecule has 7 nitrogen and oxygen atoms in total. The van der Waals surface area contributed by atoms with Gasteiger partial charge in [-0.25, -0.2) is 4.98 Å². The lowest BCUT2D eigenvalue weighted by molar-refractivity contribution is 0.462. The van der Waals surface area contributed by atoms with Crippen LogP contribution in [0.15, 0.2) is 33.5 Å². The monoisotopic (exact) mass is 430 g/mol. The second-order valence-electron chi connectivity index (χ2n) is 6.03. The van der Waals surface area contributed by atoms with E-state index in [0.29, 0.717) is 17.0 Å². The molecule has 0 aliphatic carbocycles. The van der Waals surface area contributed by atoms with Gasteiger partial charge in [0.2, 0.25) is 5.82 Å². The van der Waals surface area contributed by atoms with Crippen molar-refractivity contribution in [2.45, 2.75) is 26.8 Å². The van der Waals surface area contributed by atoms with Crippen molar-refractivity contribution in [3.8, 4) is 11.4 Å². The summed E-state index contributed by atoms with van der Waals surface area (Å²) in [7, 11) is 0. The molecular weight excluding hydrogens is 416 g/mol. The molecule has 0 saturated heterocycles. The van der Waals surface area contributed by atoms with Gasteiger partial charge in [0.05, 0.1) is 5.39 Å². The lowest BCUT2D eigenvalue weighted by Crippen LogP contribution is -2.19. The maximum Gasteiger partial charge on any atom is 0.259 e.